The highest BCUT2D eigenvalue weighted by Gasteiger charge is 2.35. The van der Waals surface area contributed by atoms with Gasteiger partial charge in [-0.3, -0.25) is 19.5 Å². The number of carbonyl (C=O) groups is 2. The van der Waals surface area contributed by atoms with Gasteiger partial charge in [0.1, 0.15) is 0 Å². The molecule has 2 heterocycles. The van der Waals surface area contributed by atoms with Gasteiger partial charge in [-0.05, 0) is 11.6 Å². The predicted molar refractivity (Wildman–Crippen MR) is 57.3 cm³/mol. The van der Waals surface area contributed by atoms with Crippen molar-refractivity contribution in [3.05, 3.63) is 30.1 Å². The Labute approximate surface area is 93.5 Å². The zero-order chi connectivity index (χ0) is 11.5. The molecule has 1 aromatic rings. The second-order valence-electron chi connectivity index (χ2n) is 3.79. The van der Waals surface area contributed by atoms with Crippen LogP contribution in [0.1, 0.15) is 12.0 Å². The van der Waals surface area contributed by atoms with Crippen molar-refractivity contribution < 1.29 is 9.59 Å². The van der Waals surface area contributed by atoms with E-state index in [1.165, 1.54) is 11.9 Å². The summed E-state index contributed by atoms with van der Waals surface area (Å²) in [7, 11) is 1.51. The molecule has 0 bridgehead atoms. The van der Waals surface area contributed by atoms with E-state index in [-0.39, 0.29) is 18.2 Å². The Hall–Kier alpha value is -1.75. The molecule has 0 radical (unpaired) electrons. The van der Waals surface area contributed by atoms with Crippen molar-refractivity contribution in [2.45, 2.75) is 19.0 Å². The molecule has 1 saturated heterocycles. The van der Waals surface area contributed by atoms with Gasteiger partial charge in [0.2, 0.25) is 11.8 Å². The Kier molecular flexibility index (Phi) is 2.96. The second-order valence-corrected chi connectivity index (χ2v) is 3.79. The Morgan fingerprint density at radius 3 is 2.94 bits per heavy atom. The number of imide groups is 1. The lowest BCUT2D eigenvalue weighted by molar-refractivity contribution is -0.137. The average Bonchev–Trinajstić information content (AvgIpc) is 2.56. The topological polar surface area (TPSA) is 62.3 Å². The lowest BCUT2D eigenvalue weighted by Gasteiger charge is -2.10. The maximum Gasteiger partial charge on any atom is 0.246 e. The first-order chi connectivity index (χ1) is 7.68. The number of nitrogens with zero attached hydrogens (tertiary/aromatic N) is 2. The minimum atomic E-state index is -0.391. The van der Waals surface area contributed by atoms with Crippen LogP contribution in [-0.2, 0) is 16.1 Å². The molecule has 1 unspecified atom stereocenters. The van der Waals surface area contributed by atoms with E-state index in [0.29, 0.717) is 6.54 Å². The second kappa shape index (κ2) is 4.40. The Balaban J connectivity index is 1.92. The molecule has 5 heteroatoms. The zero-order valence-corrected chi connectivity index (χ0v) is 9.01. The van der Waals surface area contributed by atoms with E-state index in [9.17, 15) is 9.59 Å². The van der Waals surface area contributed by atoms with E-state index in [1.54, 1.807) is 12.4 Å². The van der Waals surface area contributed by atoms with Crippen molar-refractivity contribution >= 4 is 11.8 Å². The summed E-state index contributed by atoms with van der Waals surface area (Å²) in [6.45, 7) is 0.547. The molecule has 0 aromatic carbocycles. The number of carbonyl (C=O) groups excluding carboxylic acids is 2. The van der Waals surface area contributed by atoms with Crippen LogP contribution in [0.4, 0.5) is 0 Å². The van der Waals surface area contributed by atoms with Gasteiger partial charge in [0.15, 0.2) is 0 Å². The molecule has 1 aliphatic rings. The van der Waals surface area contributed by atoms with E-state index < -0.39 is 6.04 Å². The molecular weight excluding hydrogens is 206 g/mol. The third-order valence-corrected chi connectivity index (χ3v) is 2.66. The summed E-state index contributed by atoms with van der Waals surface area (Å²) in [6, 6.07) is 3.37. The van der Waals surface area contributed by atoms with E-state index in [1.807, 2.05) is 12.1 Å². The largest absolute Gasteiger partial charge is 0.301 e. The highest BCUT2D eigenvalue weighted by molar-refractivity contribution is 6.05. The fourth-order valence-electron chi connectivity index (χ4n) is 1.66. The number of rotatable bonds is 3. The minimum absolute atomic E-state index is 0.131. The number of amides is 2. The maximum absolute atomic E-state index is 11.6. The summed E-state index contributed by atoms with van der Waals surface area (Å²) in [4.78, 5) is 28.0. The minimum Gasteiger partial charge on any atom is -0.301 e. The van der Waals surface area contributed by atoms with Gasteiger partial charge in [0, 0.05) is 26.0 Å². The van der Waals surface area contributed by atoms with E-state index in [2.05, 4.69) is 10.3 Å². The third kappa shape index (κ3) is 2.09. The molecule has 1 atom stereocenters. The normalized spacial score (nSPS) is 20.6. The van der Waals surface area contributed by atoms with Gasteiger partial charge in [-0.25, -0.2) is 0 Å². The first-order valence-corrected chi connectivity index (χ1v) is 5.11. The molecule has 1 aliphatic heterocycles. The van der Waals surface area contributed by atoms with Crippen molar-refractivity contribution in [3.63, 3.8) is 0 Å². The quantitative estimate of drug-likeness (QED) is 0.723. The van der Waals surface area contributed by atoms with Crippen LogP contribution in [0.3, 0.4) is 0 Å². The van der Waals surface area contributed by atoms with Crippen molar-refractivity contribution in [1.29, 1.82) is 0 Å². The van der Waals surface area contributed by atoms with Gasteiger partial charge >= 0.3 is 0 Å². The molecule has 16 heavy (non-hydrogen) atoms. The van der Waals surface area contributed by atoms with Gasteiger partial charge in [0.25, 0.3) is 0 Å². The molecule has 0 aliphatic carbocycles. The summed E-state index contributed by atoms with van der Waals surface area (Å²) in [5.74, 6) is -0.289. The number of pyridine rings is 1. The van der Waals surface area contributed by atoms with Crippen LogP contribution < -0.4 is 5.32 Å². The number of likely N-dealkylation sites (tertiary alicyclic amines) is 1. The summed E-state index contributed by atoms with van der Waals surface area (Å²) in [5.41, 5.74) is 0.998. The lowest BCUT2D eigenvalue weighted by atomic mass is 10.2. The van der Waals surface area contributed by atoms with E-state index in [0.717, 1.165) is 5.56 Å². The highest BCUT2D eigenvalue weighted by atomic mass is 16.2. The number of hydrogen-bond acceptors (Lipinski definition) is 4. The first-order valence-electron chi connectivity index (χ1n) is 5.11. The summed E-state index contributed by atoms with van der Waals surface area (Å²) >= 11 is 0. The lowest BCUT2D eigenvalue weighted by Crippen LogP contribution is -2.36. The SMILES string of the molecule is CN1C(=O)CC(NCc2cccnc2)C1=O. The molecule has 0 saturated carbocycles. The Morgan fingerprint density at radius 2 is 2.38 bits per heavy atom. The molecule has 84 valence electrons. The van der Waals surface area contributed by atoms with E-state index >= 15 is 0 Å². The Morgan fingerprint density at radius 1 is 1.56 bits per heavy atom. The van der Waals surface area contributed by atoms with Crippen LogP contribution in [0.25, 0.3) is 0 Å². The molecule has 1 aromatic heterocycles. The van der Waals surface area contributed by atoms with Crippen molar-refractivity contribution in [1.82, 2.24) is 15.2 Å². The fraction of sp³-hybridized carbons (Fsp3) is 0.364. The van der Waals surface area contributed by atoms with Crippen LogP contribution in [0.5, 0.6) is 0 Å². The van der Waals surface area contributed by atoms with Crippen LogP contribution in [0, 0.1) is 0 Å². The summed E-state index contributed by atoms with van der Waals surface area (Å²) in [5, 5.41) is 3.06. The van der Waals surface area contributed by atoms with Crippen molar-refractivity contribution in [2.75, 3.05) is 7.05 Å². The third-order valence-electron chi connectivity index (χ3n) is 2.66. The Bertz CT molecular complexity index is 405. The summed E-state index contributed by atoms with van der Waals surface area (Å²) < 4.78 is 0. The number of nitrogens with one attached hydrogen (secondary N) is 1. The van der Waals surface area contributed by atoms with Crippen molar-refractivity contribution in [3.8, 4) is 0 Å². The first kappa shape index (κ1) is 10.8. The van der Waals surface area contributed by atoms with Crippen LogP contribution >= 0.6 is 0 Å². The molecular formula is C11H13N3O2. The number of hydrogen-bond donors (Lipinski definition) is 1. The van der Waals surface area contributed by atoms with Gasteiger partial charge in [-0.1, -0.05) is 6.07 Å². The van der Waals surface area contributed by atoms with Gasteiger partial charge in [-0.15, -0.1) is 0 Å². The maximum atomic E-state index is 11.6. The molecule has 1 N–H and O–H groups in total. The van der Waals surface area contributed by atoms with Gasteiger partial charge < -0.3 is 5.32 Å². The van der Waals surface area contributed by atoms with Crippen LogP contribution in [0.2, 0.25) is 0 Å². The monoisotopic (exact) mass is 219 g/mol. The number of likely N-dealkylation sites (N-methyl/N-ethyl adjacent to an activating group) is 1. The van der Waals surface area contributed by atoms with E-state index in [4.69, 9.17) is 0 Å². The van der Waals surface area contributed by atoms with Gasteiger partial charge in [0.05, 0.1) is 12.5 Å². The van der Waals surface area contributed by atoms with Gasteiger partial charge in [-0.2, -0.15) is 0 Å². The smallest absolute Gasteiger partial charge is 0.246 e. The van der Waals surface area contributed by atoms with Crippen LogP contribution in [-0.4, -0.2) is 34.8 Å². The van der Waals surface area contributed by atoms with Crippen LogP contribution in [0.15, 0.2) is 24.5 Å². The molecule has 2 amide bonds. The predicted octanol–water partition coefficient (Wildman–Crippen LogP) is -0.0715. The standard InChI is InChI=1S/C11H13N3O2/c1-14-10(15)5-9(11(14)16)13-7-8-3-2-4-12-6-8/h2-4,6,9,13H,5,7H2,1H3. The molecule has 2 rings (SSSR count). The average molecular weight is 219 g/mol. The number of aromatic nitrogens is 1. The highest BCUT2D eigenvalue weighted by Crippen LogP contribution is 2.11. The van der Waals surface area contributed by atoms with Crippen molar-refractivity contribution in [2.24, 2.45) is 0 Å². The molecule has 5 nitrogen and oxygen atoms in total. The zero-order valence-electron chi connectivity index (χ0n) is 9.01. The summed E-state index contributed by atoms with van der Waals surface area (Å²) in [6.07, 6.45) is 3.68. The molecule has 0 spiro atoms. The fourth-order valence-corrected chi connectivity index (χ4v) is 1.66. The molecule has 1 fully saturated rings.